The van der Waals surface area contributed by atoms with Gasteiger partial charge in [0.15, 0.2) is 17.2 Å². The molecule has 0 heterocycles. The lowest BCUT2D eigenvalue weighted by Crippen LogP contribution is -2.39. The second kappa shape index (κ2) is 5.26. The number of hydrogen-bond donors (Lipinski definition) is 4. The quantitative estimate of drug-likeness (QED) is 0.449. The summed E-state index contributed by atoms with van der Waals surface area (Å²) in [6, 6.07) is 1.06. The smallest absolute Gasteiger partial charge is 0.328 e. The molecule has 0 fully saturated rings. The number of ether oxygens (including phenoxy) is 1. The van der Waals surface area contributed by atoms with Crippen LogP contribution in [-0.4, -0.2) is 40.3 Å². The molecule has 1 aromatic carbocycles. The number of nitrogens with one attached hydrogen (secondary N) is 1. The van der Waals surface area contributed by atoms with E-state index < -0.39 is 35.2 Å². The Morgan fingerprint density at radius 1 is 1.22 bits per heavy atom. The van der Waals surface area contributed by atoms with Crippen LogP contribution in [0.3, 0.4) is 0 Å². The summed E-state index contributed by atoms with van der Waals surface area (Å²) in [5.74, 6) is -3.31. The van der Waals surface area contributed by atoms with Gasteiger partial charge in [0.25, 0.3) is 5.91 Å². The molecule has 0 radical (unpaired) electrons. The standard InChI is InChI=1S/C11H13NO6/c1-5(11(17)18-2)12-10(16)6-3-7(13)9(15)8(14)4-6/h3-5,13-15H,1-2H3,(H,12,16). The van der Waals surface area contributed by atoms with Crippen molar-refractivity contribution in [2.45, 2.75) is 13.0 Å². The monoisotopic (exact) mass is 255 g/mol. The van der Waals surface area contributed by atoms with E-state index in [4.69, 9.17) is 5.11 Å². The first-order valence-corrected chi connectivity index (χ1v) is 5.00. The van der Waals surface area contributed by atoms with E-state index in [0.717, 1.165) is 12.1 Å². The average molecular weight is 255 g/mol. The first-order chi connectivity index (χ1) is 8.36. The van der Waals surface area contributed by atoms with Gasteiger partial charge in [-0.3, -0.25) is 4.79 Å². The van der Waals surface area contributed by atoms with E-state index >= 15 is 0 Å². The van der Waals surface area contributed by atoms with Crippen LogP contribution in [0.5, 0.6) is 17.2 Å². The molecule has 1 atom stereocenters. The number of amides is 1. The zero-order valence-electron chi connectivity index (χ0n) is 9.80. The van der Waals surface area contributed by atoms with Crippen molar-refractivity contribution in [1.29, 1.82) is 0 Å². The van der Waals surface area contributed by atoms with Crippen LogP contribution in [0.1, 0.15) is 17.3 Å². The van der Waals surface area contributed by atoms with Gasteiger partial charge in [-0.1, -0.05) is 0 Å². The van der Waals surface area contributed by atoms with Crippen molar-refractivity contribution in [2.24, 2.45) is 0 Å². The van der Waals surface area contributed by atoms with E-state index in [0.29, 0.717) is 0 Å². The van der Waals surface area contributed by atoms with E-state index in [9.17, 15) is 19.8 Å². The molecule has 0 aromatic heterocycles. The minimum atomic E-state index is -0.874. The Kier molecular flexibility index (Phi) is 3.98. The van der Waals surface area contributed by atoms with E-state index in [1.807, 2.05) is 0 Å². The second-order valence-electron chi connectivity index (χ2n) is 3.58. The van der Waals surface area contributed by atoms with Gasteiger partial charge in [-0.15, -0.1) is 0 Å². The van der Waals surface area contributed by atoms with Crippen LogP contribution in [0.4, 0.5) is 0 Å². The number of carbonyl (C=O) groups is 2. The highest BCUT2D eigenvalue weighted by atomic mass is 16.5. The summed E-state index contributed by atoms with van der Waals surface area (Å²) in [6.07, 6.45) is 0. The van der Waals surface area contributed by atoms with E-state index in [1.165, 1.54) is 14.0 Å². The van der Waals surface area contributed by atoms with Crippen LogP contribution in [0.15, 0.2) is 12.1 Å². The lowest BCUT2D eigenvalue weighted by molar-refractivity contribution is -0.142. The molecule has 7 nitrogen and oxygen atoms in total. The third-order valence-corrected chi connectivity index (χ3v) is 2.23. The fourth-order valence-corrected chi connectivity index (χ4v) is 1.25. The first kappa shape index (κ1) is 13.6. The minimum Gasteiger partial charge on any atom is -0.504 e. The van der Waals surface area contributed by atoms with Gasteiger partial charge in [0.05, 0.1) is 7.11 Å². The van der Waals surface area contributed by atoms with Crippen LogP contribution in [0.25, 0.3) is 0 Å². The number of rotatable bonds is 3. The summed E-state index contributed by atoms with van der Waals surface area (Å²) in [7, 11) is 1.18. The fourth-order valence-electron chi connectivity index (χ4n) is 1.25. The zero-order chi connectivity index (χ0) is 13.9. The topological polar surface area (TPSA) is 116 Å². The number of phenols is 3. The Bertz CT molecular complexity index is 461. The summed E-state index contributed by atoms with van der Waals surface area (Å²) in [5.41, 5.74) is -0.0986. The predicted octanol–water partition coefficient (Wildman–Crippen LogP) is 0.0947. The number of hydrogen-bond acceptors (Lipinski definition) is 6. The molecule has 1 rings (SSSR count). The molecule has 0 saturated carbocycles. The van der Waals surface area contributed by atoms with E-state index in [1.54, 1.807) is 0 Å². The van der Waals surface area contributed by atoms with Crippen molar-refractivity contribution in [3.05, 3.63) is 17.7 Å². The molecular weight excluding hydrogens is 242 g/mol. The predicted molar refractivity (Wildman–Crippen MR) is 60.4 cm³/mol. The van der Waals surface area contributed by atoms with Gasteiger partial charge in [-0.25, -0.2) is 4.79 Å². The van der Waals surface area contributed by atoms with Gasteiger partial charge < -0.3 is 25.4 Å². The Morgan fingerprint density at radius 3 is 2.17 bits per heavy atom. The van der Waals surface area contributed by atoms with Gasteiger partial charge in [-0.05, 0) is 19.1 Å². The molecule has 98 valence electrons. The highest BCUT2D eigenvalue weighted by Crippen LogP contribution is 2.35. The van der Waals surface area contributed by atoms with Crippen LogP contribution < -0.4 is 5.32 Å². The molecule has 0 saturated heterocycles. The Hall–Kier alpha value is -2.44. The summed E-state index contributed by atoms with van der Waals surface area (Å²) < 4.78 is 4.42. The van der Waals surface area contributed by atoms with Crippen molar-refractivity contribution in [3.8, 4) is 17.2 Å². The normalized spacial score (nSPS) is 11.7. The molecule has 0 spiro atoms. The average Bonchev–Trinajstić information content (AvgIpc) is 2.33. The number of methoxy groups -OCH3 is 1. The molecule has 1 unspecified atom stereocenters. The lowest BCUT2D eigenvalue weighted by Gasteiger charge is -2.12. The number of aromatic hydroxyl groups is 3. The zero-order valence-corrected chi connectivity index (χ0v) is 9.80. The molecule has 0 aliphatic rings. The number of benzene rings is 1. The summed E-state index contributed by atoms with van der Waals surface area (Å²) >= 11 is 0. The molecule has 0 aliphatic heterocycles. The Labute approximate surface area is 103 Å². The molecule has 7 heteroatoms. The lowest BCUT2D eigenvalue weighted by atomic mass is 10.1. The maximum atomic E-state index is 11.7. The molecule has 4 N–H and O–H groups in total. The largest absolute Gasteiger partial charge is 0.504 e. The van der Waals surface area contributed by atoms with Crippen molar-refractivity contribution in [3.63, 3.8) is 0 Å². The van der Waals surface area contributed by atoms with Crippen molar-refractivity contribution in [1.82, 2.24) is 5.32 Å². The maximum absolute atomic E-state index is 11.7. The molecule has 0 bridgehead atoms. The summed E-state index contributed by atoms with van der Waals surface area (Å²) in [6.45, 7) is 1.42. The van der Waals surface area contributed by atoms with Gasteiger partial charge in [0.2, 0.25) is 0 Å². The Balaban J connectivity index is 2.89. The molecule has 1 amide bonds. The van der Waals surface area contributed by atoms with Crippen LogP contribution in [0, 0.1) is 0 Å². The molecular formula is C11H13NO6. The highest BCUT2D eigenvalue weighted by molar-refractivity contribution is 5.97. The molecule has 18 heavy (non-hydrogen) atoms. The fraction of sp³-hybridized carbons (Fsp3) is 0.273. The van der Waals surface area contributed by atoms with Crippen molar-refractivity contribution < 1.29 is 29.6 Å². The SMILES string of the molecule is COC(=O)C(C)NC(=O)c1cc(O)c(O)c(O)c1. The summed E-state index contributed by atoms with van der Waals surface area (Å²) in [4.78, 5) is 22.8. The summed E-state index contributed by atoms with van der Waals surface area (Å²) in [5, 5.41) is 29.9. The second-order valence-corrected chi connectivity index (χ2v) is 3.58. The Morgan fingerprint density at radius 2 is 1.72 bits per heavy atom. The number of carbonyl (C=O) groups excluding carboxylic acids is 2. The van der Waals surface area contributed by atoms with Crippen molar-refractivity contribution in [2.75, 3.05) is 7.11 Å². The van der Waals surface area contributed by atoms with Crippen molar-refractivity contribution >= 4 is 11.9 Å². The molecule has 0 aliphatic carbocycles. The highest BCUT2D eigenvalue weighted by Gasteiger charge is 2.19. The van der Waals surface area contributed by atoms with E-state index in [2.05, 4.69) is 10.1 Å². The maximum Gasteiger partial charge on any atom is 0.328 e. The van der Waals surface area contributed by atoms with E-state index in [-0.39, 0.29) is 5.56 Å². The van der Waals surface area contributed by atoms with Crippen LogP contribution >= 0.6 is 0 Å². The third kappa shape index (κ3) is 2.82. The number of phenolic OH excluding ortho intramolecular Hbond substituents is 3. The third-order valence-electron chi connectivity index (χ3n) is 2.23. The van der Waals surface area contributed by atoms with Gasteiger partial charge >= 0.3 is 5.97 Å². The van der Waals surface area contributed by atoms with Gasteiger partial charge in [0.1, 0.15) is 6.04 Å². The van der Waals surface area contributed by atoms with Crippen LogP contribution in [-0.2, 0) is 9.53 Å². The molecule has 1 aromatic rings. The minimum absolute atomic E-state index is 0.0986. The number of esters is 1. The van der Waals surface area contributed by atoms with Gasteiger partial charge in [0, 0.05) is 5.56 Å². The van der Waals surface area contributed by atoms with Crippen LogP contribution in [0.2, 0.25) is 0 Å². The first-order valence-electron chi connectivity index (χ1n) is 5.00. The van der Waals surface area contributed by atoms with Gasteiger partial charge in [-0.2, -0.15) is 0 Å².